The van der Waals surface area contributed by atoms with Crippen molar-refractivity contribution in [3.8, 4) is 0 Å². The van der Waals surface area contributed by atoms with Crippen LogP contribution >= 0.6 is 0 Å². The Morgan fingerprint density at radius 2 is 2.00 bits per heavy atom. The molecule has 0 bridgehead atoms. The van der Waals surface area contributed by atoms with Crippen LogP contribution in [0.5, 0.6) is 0 Å². The van der Waals surface area contributed by atoms with Crippen molar-refractivity contribution >= 4 is 21.7 Å². The molecule has 10 nitrogen and oxygen atoms in total. The fraction of sp³-hybridized carbons (Fsp3) is 0.286. The van der Waals surface area contributed by atoms with Crippen molar-refractivity contribution in [1.82, 2.24) is 9.64 Å². The van der Waals surface area contributed by atoms with Gasteiger partial charge in [-0.15, -0.1) is 0 Å². The number of hydrogen-bond donors (Lipinski definition) is 2. The van der Waals surface area contributed by atoms with E-state index in [-0.39, 0.29) is 29.1 Å². The molecule has 136 valence electrons. The summed E-state index contributed by atoms with van der Waals surface area (Å²) in [6, 6.07) is 3.56. The molecule has 0 unspecified atom stereocenters. The number of carbonyl (C=O) groups is 1. The first-order valence-electron chi connectivity index (χ1n) is 7.17. The van der Waals surface area contributed by atoms with Crippen molar-refractivity contribution < 1.29 is 17.9 Å². The predicted octanol–water partition coefficient (Wildman–Crippen LogP) is 0.312. The van der Waals surface area contributed by atoms with Crippen LogP contribution in [0.15, 0.2) is 27.9 Å². The summed E-state index contributed by atoms with van der Waals surface area (Å²) in [4.78, 5) is 24.4. The number of nitrogens with two attached hydrogens (primary N) is 1. The van der Waals surface area contributed by atoms with Gasteiger partial charge >= 0.3 is 5.97 Å². The van der Waals surface area contributed by atoms with Gasteiger partial charge in [0, 0.05) is 11.3 Å². The normalized spacial score (nSPS) is 11.4. The molecule has 0 fully saturated rings. The first-order valence-corrected chi connectivity index (χ1v) is 8.72. The summed E-state index contributed by atoms with van der Waals surface area (Å²) in [6.07, 6.45) is 0. The van der Waals surface area contributed by atoms with E-state index in [1.807, 2.05) is 0 Å². The molecule has 25 heavy (non-hydrogen) atoms. The van der Waals surface area contributed by atoms with E-state index < -0.39 is 26.4 Å². The maximum absolute atomic E-state index is 12.0. The van der Waals surface area contributed by atoms with E-state index in [9.17, 15) is 23.2 Å². The highest BCUT2D eigenvalue weighted by atomic mass is 32.2. The molecule has 0 aliphatic heterocycles. The molecule has 0 aliphatic carbocycles. The second-order valence-electron chi connectivity index (χ2n) is 5.19. The number of carbonyl (C=O) groups excluding carboxylic acids is 1. The van der Waals surface area contributed by atoms with Gasteiger partial charge in [0.1, 0.15) is 0 Å². The van der Waals surface area contributed by atoms with Crippen LogP contribution in [0.25, 0.3) is 0 Å². The Bertz CT molecular complexity index is 989. The van der Waals surface area contributed by atoms with E-state index in [0.29, 0.717) is 9.64 Å². The average molecular weight is 369 g/mol. The SMILES string of the molecule is CCOC(=O)c1ccc(Nn2c(=O)c(C)c(C)n2[O-])cc1S(N)(=O)=O. The number of nitrogens with zero attached hydrogens (tertiary/aromatic N) is 2. The average Bonchev–Trinajstić information content (AvgIpc) is 2.72. The van der Waals surface area contributed by atoms with Crippen molar-refractivity contribution in [3.05, 3.63) is 50.6 Å². The van der Waals surface area contributed by atoms with Crippen molar-refractivity contribution in [2.75, 3.05) is 12.0 Å². The van der Waals surface area contributed by atoms with Gasteiger partial charge in [-0.05, 0) is 39.0 Å². The van der Waals surface area contributed by atoms with Gasteiger partial charge in [0.2, 0.25) is 10.0 Å². The standard InChI is InChI=1S/C14H17N4O6S/c1-4-24-14(20)11-6-5-10(7-12(11)25(15,22)23)16-17-13(19)8(2)9(3)18(17)21/h5-7,16H,4H2,1-3H3,(H2,15,22,23)/q-1. The Kier molecular flexibility index (Phi) is 4.90. The number of aromatic nitrogens is 2. The summed E-state index contributed by atoms with van der Waals surface area (Å²) in [7, 11) is -4.25. The highest BCUT2D eigenvalue weighted by Gasteiger charge is 2.21. The third-order valence-corrected chi connectivity index (χ3v) is 4.49. The topological polar surface area (TPSA) is 148 Å². The van der Waals surface area contributed by atoms with Crippen molar-refractivity contribution in [2.45, 2.75) is 25.7 Å². The Hall–Kier alpha value is -2.79. The third kappa shape index (κ3) is 3.51. The summed E-state index contributed by atoms with van der Waals surface area (Å²) < 4.78 is 28.3. The highest BCUT2D eigenvalue weighted by Crippen LogP contribution is 2.21. The summed E-state index contributed by atoms with van der Waals surface area (Å²) in [5.41, 5.74) is 2.19. The second kappa shape index (κ2) is 6.61. The Balaban J connectivity index is 2.54. The molecule has 2 rings (SSSR count). The summed E-state index contributed by atoms with van der Waals surface area (Å²) in [5.74, 6) is -0.853. The zero-order valence-electron chi connectivity index (χ0n) is 13.8. The van der Waals surface area contributed by atoms with Crippen molar-refractivity contribution in [1.29, 1.82) is 0 Å². The molecular formula is C14H17N4O6S-. The first-order chi connectivity index (χ1) is 11.6. The van der Waals surface area contributed by atoms with Crippen LogP contribution in [0.3, 0.4) is 0 Å². The highest BCUT2D eigenvalue weighted by molar-refractivity contribution is 7.89. The van der Waals surface area contributed by atoms with E-state index in [2.05, 4.69) is 5.43 Å². The largest absolute Gasteiger partial charge is 0.790 e. The first kappa shape index (κ1) is 18.5. The van der Waals surface area contributed by atoms with Crippen LogP contribution in [-0.4, -0.2) is 30.6 Å². The van der Waals surface area contributed by atoms with Gasteiger partial charge in [0.25, 0.3) is 5.56 Å². The molecule has 11 heteroatoms. The van der Waals surface area contributed by atoms with E-state index >= 15 is 0 Å². The lowest BCUT2D eigenvalue weighted by atomic mass is 10.2. The van der Waals surface area contributed by atoms with Gasteiger partial charge < -0.3 is 9.94 Å². The number of anilines is 1. The van der Waals surface area contributed by atoms with Crippen LogP contribution in [0.4, 0.5) is 5.69 Å². The minimum absolute atomic E-state index is 0.0561. The number of primary sulfonamides is 1. The number of benzene rings is 1. The number of esters is 1. The van der Waals surface area contributed by atoms with E-state index in [4.69, 9.17) is 9.88 Å². The lowest BCUT2D eigenvalue weighted by molar-refractivity contribution is 0.0522. The number of rotatable bonds is 5. The smallest absolute Gasteiger partial charge is 0.339 e. The zero-order valence-corrected chi connectivity index (χ0v) is 14.6. The van der Waals surface area contributed by atoms with Crippen LogP contribution in [0.1, 0.15) is 28.5 Å². The lowest BCUT2D eigenvalue weighted by Crippen LogP contribution is -2.28. The third-order valence-electron chi connectivity index (χ3n) is 3.54. The van der Waals surface area contributed by atoms with E-state index in [1.165, 1.54) is 26.0 Å². The molecule has 0 radical (unpaired) electrons. The number of sulfonamides is 1. The number of hydrogen-bond acceptors (Lipinski definition) is 7. The molecule has 1 heterocycles. The van der Waals surface area contributed by atoms with Gasteiger partial charge in [0.15, 0.2) is 0 Å². The Morgan fingerprint density at radius 3 is 2.48 bits per heavy atom. The predicted molar refractivity (Wildman–Crippen MR) is 89.7 cm³/mol. The van der Waals surface area contributed by atoms with E-state index in [1.54, 1.807) is 6.92 Å². The fourth-order valence-corrected chi connectivity index (χ4v) is 2.86. The second-order valence-corrected chi connectivity index (χ2v) is 6.72. The van der Waals surface area contributed by atoms with Gasteiger partial charge in [-0.3, -0.25) is 15.1 Å². The summed E-state index contributed by atoms with van der Waals surface area (Å²) in [5, 5.41) is 17.1. The molecule has 0 atom stereocenters. The molecular weight excluding hydrogens is 352 g/mol. The van der Waals surface area contributed by atoms with Gasteiger partial charge in [0.05, 0.1) is 22.8 Å². The summed E-state index contributed by atoms with van der Waals surface area (Å²) >= 11 is 0. The molecule has 3 N–H and O–H groups in total. The number of nitrogens with one attached hydrogen (secondary N) is 1. The maximum atomic E-state index is 12.0. The van der Waals surface area contributed by atoms with Gasteiger partial charge in [-0.1, -0.05) is 0 Å². The number of ether oxygens (including phenoxy) is 1. The van der Waals surface area contributed by atoms with Crippen molar-refractivity contribution in [2.24, 2.45) is 5.14 Å². The maximum Gasteiger partial charge on any atom is 0.339 e. The fourth-order valence-electron chi connectivity index (χ4n) is 2.11. The van der Waals surface area contributed by atoms with Crippen LogP contribution in [0.2, 0.25) is 0 Å². The van der Waals surface area contributed by atoms with Crippen molar-refractivity contribution in [3.63, 3.8) is 0 Å². The minimum atomic E-state index is -4.25. The summed E-state index contributed by atoms with van der Waals surface area (Å²) in [6.45, 7) is 4.59. The lowest BCUT2D eigenvalue weighted by Gasteiger charge is -2.18. The molecule has 0 aliphatic rings. The minimum Gasteiger partial charge on any atom is -0.790 e. The monoisotopic (exact) mass is 369 g/mol. The van der Waals surface area contributed by atoms with E-state index in [0.717, 1.165) is 6.07 Å². The van der Waals surface area contributed by atoms with Crippen LogP contribution < -0.4 is 16.1 Å². The van der Waals surface area contributed by atoms with Gasteiger partial charge in [-0.2, -0.15) is 4.79 Å². The quantitative estimate of drug-likeness (QED) is 0.720. The van der Waals surface area contributed by atoms with Gasteiger partial charge in [-0.25, -0.2) is 18.4 Å². The van der Waals surface area contributed by atoms with Crippen LogP contribution in [0, 0.1) is 19.1 Å². The molecule has 0 saturated carbocycles. The zero-order chi connectivity index (χ0) is 18.9. The molecule has 1 aromatic carbocycles. The Labute approximate surface area is 143 Å². The molecule has 1 aromatic heterocycles. The van der Waals surface area contributed by atoms with Crippen LogP contribution in [-0.2, 0) is 14.8 Å². The molecule has 0 spiro atoms. The molecule has 0 amide bonds. The molecule has 2 aromatic rings. The Morgan fingerprint density at radius 1 is 1.36 bits per heavy atom. The molecule has 0 saturated heterocycles.